The molecule has 0 bridgehead atoms. The molecule has 0 aliphatic carbocycles. The van der Waals surface area contributed by atoms with Crippen LogP contribution in [0.4, 0.5) is 0 Å². The minimum absolute atomic E-state index is 0.299. The Hall–Kier alpha value is -3.34. The van der Waals surface area contributed by atoms with Crippen LogP contribution < -0.4 is 0 Å². The van der Waals surface area contributed by atoms with Crippen LogP contribution in [0.2, 0.25) is 0 Å². The number of fused-ring (bicyclic) bond motifs is 1. The summed E-state index contributed by atoms with van der Waals surface area (Å²) < 4.78 is 2.20. The van der Waals surface area contributed by atoms with Gasteiger partial charge in [0.05, 0.1) is 5.56 Å². The number of nitrogens with one attached hydrogen (secondary N) is 1. The summed E-state index contributed by atoms with van der Waals surface area (Å²) in [7, 11) is 0. The molecule has 0 saturated carbocycles. The molecule has 0 amide bonds. The maximum atomic E-state index is 11.5. The van der Waals surface area contributed by atoms with Crippen LogP contribution in [0.25, 0.3) is 22.2 Å². The van der Waals surface area contributed by atoms with Crippen LogP contribution in [0.1, 0.15) is 41.5 Å². The number of carboxylic acid groups (broad SMARTS) is 1. The largest absolute Gasteiger partial charge is 0.478 e. The first-order valence-corrected chi connectivity index (χ1v) is 9.60. The van der Waals surface area contributed by atoms with E-state index in [0.717, 1.165) is 48.2 Å². The molecule has 5 nitrogen and oxygen atoms in total. The fourth-order valence-corrected chi connectivity index (χ4v) is 3.57. The van der Waals surface area contributed by atoms with Crippen molar-refractivity contribution in [3.05, 3.63) is 77.9 Å². The number of imidazole rings is 1. The zero-order chi connectivity index (χ0) is 19.5. The number of carbonyl (C=O) groups is 1. The topological polar surface area (TPSA) is 70.9 Å². The number of hydrogen-bond acceptors (Lipinski definition) is 2. The molecule has 5 heteroatoms. The van der Waals surface area contributed by atoms with Gasteiger partial charge in [-0.25, -0.2) is 9.78 Å². The van der Waals surface area contributed by atoms with Gasteiger partial charge in [0.1, 0.15) is 5.82 Å². The second-order valence-corrected chi connectivity index (χ2v) is 7.03. The van der Waals surface area contributed by atoms with Crippen molar-refractivity contribution < 1.29 is 9.90 Å². The van der Waals surface area contributed by atoms with E-state index in [1.165, 1.54) is 5.56 Å². The summed E-state index contributed by atoms with van der Waals surface area (Å²) >= 11 is 0. The molecule has 4 rings (SSSR count). The summed E-state index contributed by atoms with van der Waals surface area (Å²) in [6, 6.07) is 15.4. The SMILES string of the molecule is CCCCc1nccn1Cc1ccc2[nH]c(-c3ccccc3C(=O)O)cc2c1. The van der Waals surface area contributed by atoms with Crippen LogP contribution in [-0.4, -0.2) is 25.6 Å². The Balaban J connectivity index is 1.65. The lowest BCUT2D eigenvalue weighted by Gasteiger charge is -2.08. The fraction of sp³-hybridized carbons (Fsp3) is 0.217. The molecule has 0 radical (unpaired) electrons. The molecular weight excluding hydrogens is 350 g/mol. The number of aromatic carboxylic acids is 1. The van der Waals surface area contributed by atoms with Gasteiger partial charge in [-0.1, -0.05) is 37.6 Å². The van der Waals surface area contributed by atoms with Crippen LogP contribution >= 0.6 is 0 Å². The normalized spacial score (nSPS) is 11.2. The second-order valence-electron chi connectivity index (χ2n) is 7.03. The Kier molecular flexibility index (Phi) is 4.98. The molecule has 0 unspecified atom stereocenters. The molecule has 0 atom stereocenters. The van der Waals surface area contributed by atoms with Crippen molar-refractivity contribution in [2.75, 3.05) is 0 Å². The summed E-state index contributed by atoms with van der Waals surface area (Å²) in [6.07, 6.45) is 7.18. The lowest BCUT2D eigenvalue weighted by molar-refractivity contribution is 0.0697. The third-order valence-electron chi connectivity index (χ3n) is 5.04. The van der Waals surface area contributed by atoms with Crippen molar-refractivity contribution in [1.82, 2.24) is 14.5 Å². The Morgan fingerprint density at radius 2 is 2.04 bits per heavy atom. The first-order valence-electron chi connectivity index (χ1n) is 9.60. The highest BCUT2D eigenvalue weighted by Crippen LogP contribution is 2.28. The molecule has 0 spiro atoms. The predicted molar refractivity (Wildman–Crippen MR) is 111 cm³/mol. The standard InChI is InChI=1S/C23H23N3O2/c1-2-3-8-22-24-11-12-26(22)15-16-9-10-20-17(13-16)14-21(25-20)18-6-4-5-7-19(18)23(27)28/h4-7,9-14,25H,2-3,8,15H2,1H3,(H,27,28). The number of aryl methyl sites for hydroxylation is 1. The zero-order valence-electron chi connectivity index (χ0n) is 15.9. The van der Waals surface area contributed by atoms with E-state index in [9.17, 15) is 9.90 Å². The van der Waals surface area contributed by atoms with Crippen molar-refractivity contribution >= 4 is 16.9 Å². The van der Waals surface area contributed by atoms with Gasteiger partial charge in [-0.05, 0) is 36.2 Å². The van der Waals surface area contributed by atoms with Gasteiger partial charge in [0.25, 0.3) is 0 Å². The maximum Gasteiger partial charge on any atom is 0.336 e. The Morgan fingerprint density at radius 3 is 2.86 bits per heavy atom. The molecule has 0 aliphatic heterocycles. The first-order chi connectivity index (χ1) is 13.7. The van der Waals surface area contributed by atoms with Gasteiger partial charge in [-0.2, -0.15) is 0 Å². The summed E-state index contributed by atoms with van der Waals surface area (Å²) in [5, 5.41) is 10.5. The molecule has 28 heavy (non-hydrogen) atoms. The van der Waals surface area contributed by atoms with Crippen molar-refractivity contribution in [3.8, 4) is 11.3 Å². The fourth-order valence-electron chi connectivity index (χ4n) is 3.57. The molecule has 0 saturated heterocycles. The van der Waals surface area contributed by atoms with E-state index in [1.54, 1.807) is 12.1 Å². The number of aromatic nitrogens is 3. The van der Waals surface area contributed by atoms with Crippen molar-refractivity contribution in [2.24, 2.45) is 0 Å². The molecule has 2 aromatic heterocycles. The van der Waals surface area contributed by atoms with Crippen LogP contribution in [0, 0.1) is 0 Å². The number of rotatable bonds is 7. The monoisotopic (exact) mass is 373 g/mol. The van der Waals surface area contributed by atoms with Gasteiger partial charge < -0.3 is 14.7 Å². The van der Waals surface area contributed by atoms with Gasteiger partial charge in [0.2, 0.25) is 0 Å². The highest BCUT2D eigenvalue weighted by Gasteiger charge is 2.13. The lowest BCUT2D eigenvalue weighted by Crippen LogP contribution is -2.04. The molecule has 2 heterocycles. The Bertz CT molecular complexity index is 1120. The number of carboxylic acids is 1. The molecule has 142 valence electrons. The van der Waals surface area contributed by atoms with Crippen LogP contribution in [-0.2, 0) is 13.0 Å². The minimum Gasteiger partial charge on any atom is -0.478 e. The highest BCUT2D eigenvalue weighted by atomic mass is 16.4. The lowest BCUT2D eigenvalue weighted by atomic mass is 10.0. The quantitative estimate of drug-likeness (QED) is 0.472. The Labute approximate surface area is 163 Å². The molecular formula is C23H23N3O2. The van der Waals surface area contributed by atoms with Crippen molar-refractivity contribution in [1.29, 1.82) is 0 Å². The van der Waals surface area contributed by atoms with Gasteiger partial charge in [0, 0.05) is 47.5 Å². The van der Waals surface area contributed by atoms with E-state index in [0.29, 0.717) is 11.1 Å². The number of hydrogen-bond donors (Lipinski definition) is 2. The zero-order valence-corrected chi connectivity index (χ0v) is 15.9. The summed E-state index contributed by atoms with van der Waals surface area (Å²) in [4.78, 5) is 19.4. The molecule has 2 N–H and O–H groups in total. The highest BCUT2D eigenvalue weighted by molar-refractivity contribution is 5.97. The molecule has 2 aromatic carbocycles. The maximum absolute atomic E-state index is 11.5. The average molecular weight is 373 g/mol. The second kappa shape index (κ2) is 7.72. The van der Waals surface area contributed by atoms with E-state index < -0.39 is 5.97 Å². The van der Waals surface area contributed by atoms with Gasteiger partial charge in [-0.3, -0.25) is 0 Å². The summed E-state index contributed by atoms with van der Waals surface area (Å²) in [5.74, 6) is 0.196. The molecule has 0 aliphatic rings. The van der Waals surface area contributed by atoms with Crippen molar-refractivity contribution in [3.63, 3.8) is 0 Å². The van der Waals surface area contributed by atoms with E-state index in [1.807, 2.05) is 30.6 Å². The number of benzene rings is 2. The van der Waals surface area contributed by atoms with E-state index in [-0.39, 0.29) is 0 Å². The minimum atomic E-state index is -0.922. The van der Waals surface area contributed by atoms with Crippen molar-refractivity contribution in [2.45, 2.75) is 32.7 Å². The number of nitrogens with zero attached hydrogens (tertiary/aromatic N) is 2. The smallest absolute Gasteiger partial charge is 0.336 e. The number of H-pyrrole nitrogens is 1. The molecule has 4 aromatic rings. The van der Waals surface area contributed by atoms with E-state index in [4.69, 9.17) is 0 Å². The number of unbranched alkanes of at least 4 members (excludes halogenated alkanes) is 1. The summed E-state index contributed by atoms with van der Waals surface area (Å²) in [5.41, 5.74) is 4.00. The Morgan fingerprint density at radius 1 is 1.18 bits per heavy atom. The van der Waals surface area contributed by atoms with Crippen LogP contribution in [0.15, 0.2) is 60.9 Å². The van der Waals surface area contributed by atoms with Crippen LogP contribution in [0.3, 0.4) is 0 Å². The van der Waals surface area contributed by atoms with E-state index >= 15 is 0 Å². The summed E-state index contributed by atoms with van der Waals surface area (Å²) in [6.45, 7) is 2.97. The first kappa shape index (κ1) is 18.0. The van der Waals surface area contributed by atoms with Gasteiger partial charge >= 0.3 is 5.97 Å². The predicted octanol–water partition coefficient (Wildman–Crippen LogP) is 5.12. The molecule has 0 fully saturated rings. The van der Waals surface area contributed by atoms with Gasteiger partial charge in [0.15, 0.2) is 0 Å². The average Bonchev–Trinajstić information content (AvgIpc) is 3.32. The van der Waals surface area contributed by atoms with E-state index in [2.05, 4.69) is 39.7 Å². The van der Waals surface area contributed by atoms with Crippen LogP contribution in [0.5, 0.6) is 0 Å². The third kappa shape index (κ3) is 3.56. The third-order valence-corrected chi connectivity index (χ3v) is 5.04. The van der Waals surface area contributed by atoms with Gasteiger partial charge in [-0.15, -0.1) is 0 Å². The number of aromatic amines is 1.